The molecule has 0 saturated carbocycles. The minimum absolute atomic E-state index is 0.0681. The van der Waals surface area contributed by atoms with E-state index >= 15 is 0 Å². The lowest BCUT2D eigenvalue weighted by molar-refractivity contribution is -0.121. The van der Waals surface area contributed by atoms with Gasteiger partial charge in [-0.2, -0.15) is 0 Å². The fraction of sp³-hybridized carbons (Fsp3) is 0.273. The summed E-state index contributed by atoms with van der Waals surface area (Å²) < 4.78 is 20.1. The number of amides is 2. The molecule has 0 bridgehead atoms. The van der Waals surface area contributed by atoms with Crippen molar-refractivity contribution >= 4 is 40.9 Å². The molecule has 2 N–H and O–H groups in total. The molecule has 0 aliphatic rings. The second-order valence-electron chi connectivity index (χ2n) is 7.18. The Morgan fingerprint density at radius 3 is 2.58 bits per heavy atom. The third-order valence-corrected chi connectivity index (χ3v) is 6.00. The van der Waals surface area contributed by atoms with Crippen molar-refractivity contribution in [2.24, 2.45) is 7.05 Å². The van der Waals surface area contributed by atoms with Crippen LogP contribution in [0.2, 0.25) is 5.02 Å². The van der Waals surface area contributed by atoms with Crippen LogP contribution in [-0.2, 0) is 23.1 Å². The normalized spacial score (nSPS) is 11.7. The lowest BCUT2D eigenvalue weighted by atomic mass is 10.1. The molecule has 0 fully saturated rings. The van der Waals surface area contributed by atoms with Gasteiger partial charge in [-0.25, -0.2) is 4.39 Å². The zero-order valence-corrected chi connectivity index (χ0v) is 19.8. The molecule has 0 radical (unpaired) electrons. The van der Waals surface area contributed by atoms with Crippen LogP contribution in [0.25, 0.3) is 0 Å². The van der Waals surface area contributed by atoms with Gasteiger partial charge in [-0.3, -0.25) is 9.59 Å². The summed E-state index contributed by atoms with van der Waals surface area (Å²) in [5.74, 6) is 0.355. The Morgan fingerprint density at radius 2 is 1.91 bits per heavy atom. The molecule has 3 rings (SSSR count). The number of hydrogen-bond acceptors (Lipinski definition) is 6. The van der Waals surface area contributed by atoms with E-state index in [1.807, 2.05) is 19.1 Å². The molecule has 1 heterocycles. The molecule has 0 unspecified atom stereocenters. The summed E-state index contributed by atoms with van der Waals surface area (Å²) >= 11 is 6.92. The van der Waals surface area contributed by atoms with Gasteiger partial charge in [-0.05, 0) is 42.8 Å². The summed E-state index contributed by atoms with van der Waals surface area (Å²) in [6.45, 7) is 1.81. The van der Waals surface area contributed by atoms with Gasteiger partial charge in [0.25, 0.3) is 0 Å². The van der Waals surface area contributed by atoms with E-state index in [1.54, 1.807) is 30.9 Å². The van der Waals surface area contributed by atoms with E-state index in [0.717, 1.165) is 11.3 Å². The van der Waals surface area contributed by atoms with Crippen LogP contribution in [0.15, 0.2) is 47.6 Å². The van der Waals surface area contributed by atoms with Crippen LogP contribution in [0, 0.1) is 5.82 Å². The van der Waals surface area contributed by atoms with Crippen molar-refractivity contribution in [3.63, 3.8) is 0 Å². The number of carbonyl (C=O) groups is 2. The van der Waals surface area contributed by atoms with Crippen molar-refractivity contribution in [1.29, 1.82) is 0 Å². The molecule has 11 heteroatoms. The third kappa shape index (κ3) is 6.69. The van der Waals surface area contributed by atoms with Crippen molar-refractivity contribution in [3.8, 4) is 5.75 Å². The van der Waals surface area contributed by atoms with Crippen molar-refractivity contribution in [3.05, 3.63) is 64.7 Å². The Kier molecular flexibility index (Phi) is 8.29. The van der Waals surface area contributed by atoms with E-state index in [1.165, 1.54) is 30.0 Å². The molecule has 0 aliphatic carbocycles. The van der Waals surface area contributed by atoms with E-state index in [9.17, 15) is 14.0 Å². The van der Waals surface area contributed by atoms with Gasteiger partial charge in [-0.15, -0.1) is 10.2 Å². The quantitative estimate of drug-likeness (QED) is 0.442. The topological polar surface area (TPSA) is 98.1 Å². The summed E-state index contributed by atoms with van der Waals surface area (Å²) in [6.07, 6.45) is 0.224. The SMILES string of the molecule is COc1ccc(CC(=O)N[C@H](C)c2nnc(SCC(=O)Nc3ccc(F)c(Cl)c3)n2C)cc1. The molecule has 2 amide bonds. The fourth-order valence-corrected chi connectivity index (χ4v) is 3.91. The zero-order valence-electron chi connectivity index (χ0n) is 18.3. The number of halogens is 2. The molecule has 3 aromatic rings. The molecule has 0 saturated heterocycles. The van der Waals surface area contributed by atoms with Gasteiger partial charge in [0, 0.05) is 12.7 Å². The highest BCUT2D eigenvalue weighted by atomic mass is 35.5. The number of hydrogen-bond donors (Lipinski definition) is 2. The van der Waals surface area contributed by atoms with E-state index in [-0.39, 0.29) is 35.1 Å². The zero-order chi connectivity index (χ0) is 24.0. The number of thioether (sulfide) groups is 1. The smallest absolute Gasteiger partial charge is 0.234 e. The van der Waals surface area contributed by atoms with E-state index in [0.29, 0.717) is 16.7 Å². The van der Waals surface area contributed by atoms with Gasteiger partial charge in [0.2, 0.25) is 11.8 Å². The summed E-state index contributed by atoms with van der Waals surface area (Å²) in [4.78, 5) is 24.6. The number of rotatable bonds is 9. The minimum atomic E-state index is -0.555. The summed E-state index contributed by atoms with van der Waals surface area (Å²) in [5.41, 5.74) is 1.27. The Balaban J connectivity index is 1.52. The lowest BCUT2D eigenvalue weighted by Gasteiger charge is -2.14. The van der Waals surface area contributed by atoms with Crippen molar-refractivity contribution in [2.75, 3.05) is 18.2 Å². The molecule has 33 heavy (non-hydrogen) atoms. The van der Waals surface area contributed by atoms with Crippen LogP contribution in [0.5, 0.6) is 5.75 Å². The molecular formula is C22H23ClFN5O3S. The number of methoxy groups -OCH3 is 1. The molecule has 1 atom stereocenters. The predicted octanol–water partition coefficient (Wildman–Crippen LogP) is 3.77. The van der Waals surface area contributed by atoms with Gasteiger partial charge >= 0.3 is 0 Å². The molecule has 2 aromatic carbocycles. The second-order valence-corrected chi connectivity index (χ2v) is 8.53. The fourth-order valence-electron chi connectivity index (χ4n) is 3.02. The number of aromatic nitrogens is 3. The number of benzene rings is 2. The van der Waals surface area contributed by atoms with Crippen LogP contribution in [0.1, 0.15) is 24.4 Å². The minimum Gasteiger partial charge on any atom is -0.497 e. The van der Waals surface area contributed by atoms with E-state index in [2.05, 4.69) is 20.8 Å². The first-order valence-electron chi connectivity index (χ1n) is 9.96. The van der Waals surface area contributed by atoms with Gasteiger partial charge in [-0.1, -0.05) is 35.5 Å². The maximum absolute atomic E-state index is 13.2. The maximum atomic E-state index is 13.2. The lowest BCUT2D eigenvalue weighted by Crippen LogP contribution is -2.29. The van der Waals surface area contributed by atoms with Crippen LogP contribution in [0.3, 0.4) is 0 Å². The number of anilines is 1. The maximum Gasteiger partial charge on any atom is 0.234 e. The summed E-state index contributed by atoms with van der Waals surface area (Å²) in [5, 5.41) is 14.3. The van der Waals surface area contributed by atoms with Gasteiger partial charge in [0.05, 0.1) is 30.3 Å². The average Bonchev–Trinajstić information content (AvgIpc) is 3.15. The van der Waals surface area contributed by atoms with Crippen molar-refractivity contribution in [1.82, 2.24) is 20.1 Å². The van der Waals surface area contributed by atoms with E-state index in [4.69, 9.17) is 16.3 Å². The van der Waals surface area contributed by atoms with Crippen LogP contribution < -0.4 is 15.4 Å². The van der Waals surface area contributed by atoms with Crippen LogP contribution in [0.4, 0.5) is 10.1 Å². The molecule has 1 aromatic heterocycles. The van der Waals surface area contributed by atoms with Crippen LogP contribution in [-0.4, -0.2) is 39.4 Å². The molecule has 8 nitrogen and oxygen atoms in total. The van der Waals surface area contributed by atoms with Gasteiger partial charge < -0.3 is 19.9 Å². The van der Waals surface area contributed by atoms with Crippen molar-refractivity contribution < 1.29 is 18.7 Å². The van der Waals surface area contributed by atoms with Crippen molar-refractivity contribution in [2.45, 2.75) is 24.5 Å². The second kappa shape index (κ2) is 11.2. The molecule has 0 spiro atoms. The van der Waals surface area contributed by atoms with Gasteiger partial charge in [0.1, 0.15) is 11.6 Å². The number of nitrogens with zero attached hydrogens (tertiary/aromatic N) is 3. The Hall–Kier alpha value is -3.11. The predicted molar refractivity (Wildman–Crippen MR) is 125 cm³/mol. The van der Waals surface area contributed by atoms with Crippen LogP contribution >= 0.6 is 23.4 Å². The Morgan fingerprint density at radius 1 is 1.18 bits per heavy atom. The monoisotopic (exact) mass is 491 g/mol. The Labute approximate surface area is 199 Å². The number of carbonyl (C=O) groups excluding carboxylic acids is 2. The van der Waals surface area contributed by atoms with Gasteiger partial charge in [0.15, 0.2) is 11.0 Å². The molecule has 0 aliphatic heterocycles. The van der Waals surface area contributed by atoms with E-state index < -0.39 is 5.82 Å². The largest absolute Gasteiger partial charge is 0.497 e. The summed E-state index contributed by atoms with van der Waals surface area (Å²) in [6, 6.07) is 10.9. The Bertz CT molecular complexity index is 1140. The third-order valence-electron chi connectivity index (χ3n) is 4.69. The average molecular weight is 492 g/mol. The first kappa shape index (κ1) is 24.5. The highest BCUT2D eigenvalue weighted by molar-refractivity contribution is 7.99. The highest BCUT2D eigenvalue weighted by Gasteiger charge is 2.18. The first-order valence-corrected chi connectivity index (χ1v) is 11.3. The first-order chi connectivity index (χ1) is 15.8. The number of nitrogens with one attached hydrogen (secondary N) is 2. The summed E-state index contributed by atoms with van der Waals surface area (Å²) in [7, 11) is 3.35. The molecule has 174 valence electrons. The standard InChI is InChI=1S/C22H23ClFN5O3S/c1-13(25-19(30)10-14-4-7-16(32-3)8-5-14)21-27-28-22(29(21)2)33-12-20(31)26-15-6-9-18(24)17(23)11-15/h4-9,11,13H,10,12H2,1-3H3,(H,25,30)(H,26,31)/t13-/m1/s1. The number of ether oxygens (including phenoxy) is 1. The molecular weight excluding hydrogens is 469 g/mol. The highest BCUT2D eigenvalue weighted by Crippen LogP contribution is 2.22.